The molecule has 1 aliphatic rings. The van der Waals surface area contributed by atoms with Crippen LogP contribution in [0, 0.1) is 19.7 Å². The van der Waals surface area contributed by atoms with Gasteiger partial charge in [0, 0.05) is 61.3 Å². The van der Waals surface area contributed by atoms with Gasteiger partial charge in [-0.1, -0.05) is 30.3 Å². The Hall–Kier alpha value is -3.45. The molecule has 174 valence electrons. The van der Waals surface area contributed by atoms with Crippen LogP contribution >= 0.6 is 11.6 Å². The molecule has 2 aromatic heterocycles. The molecular weight excluding hydrogens is 453 g/mol. The maximum Gasteiger partial charge on any atom is 0.246 e. The van der Waals surface area contributed by atoms with E-state index in [1.807, 2.05) is 39.1 Å². The normalized spacial score (nSPS) is 14.3. The molecule has 8 heteroatoms. The molecule has 0 bridgehead atoms. The molecule has 0 spiro atoms. The highest BCUT2D eigenvalue weighted by Crippen LogP contribution is 2.42. The van der Waals surface area contributed by atoms with Gasteiger partial charge in [0.25, 0.3) is 0 Å². The Morgan fingerprint density at radius 3 is 2.56 bits per heavy atom. The average Bonchev–Trinajstić information content (AvgIpc) is 3.20. The number of anilines is 1. The maximum absolute atomic E-state index is 16.2. The molecule has 0 atom stereocenters. The predicted molar refractivity (Wildman–Crippen MR) is 135 cm³/mol. The lowest BCUT2D eigenvalue weighted by molar-refractivity contribution is -0.126. The van der Waals surface area contributed by atoms with Crippen molar-refractivity contribution in [2.45, 2.75) is 13.8 Å². The van der Waals surface area contributed by atoms with Gasteiger partial charge in [-0.2, -0.15) is 5.10 Å². The second-order valence-corrected chi connectivity index (χ2v) is 9.12. The van der Waals surface area contributed by atoms with Gasteiger partial charge in [-0.15, -0.1) is 0 Å². The number of aryl methyl sites for hydroxylation is 3. The van der Waals surface area contributed by atoms with E-state index in [2.05, 4.69) is 21.6 Å². The van der Waals surface area contributed by atoms with Gasteiger partial charge in [-0.25, -0.2) is 4.39 Å². The number of rotatable bonds is 3. The molecule has 1 saturated heterocycles. The topological polar surface area (TPSA) is 54.3 Å². The lowest BCUT2D eigenvalue weighted by Crippen LogP contribution is -2.48. The number of amides is 1. The molecule has 6 nitrogen and oxygen atoms in total. The summed E-state index contributed by atoms with van der Waals surface area (Å²) >= 11 is 6.80. The van der Waals surface area contributed by atoms with Crippen molar-refractivity contribution in [3.8, 4) is 11.1 Å². The molecule has 34 heavy (non-hydrogen) atoms. The number of carbonyl (C=O) groups is 1. The third kappa shape index (κ3) is 3.42. The first-order valence-electron chi connectivity index (χ1n) is 11.2. The molecule has 1 fully saturated rings. The Balaban J connectivity index is 1.67. The molecular formula is C26H25ClFN5O. The third-order valence-corrected chi connectivity index (χ3v) is 6.95. The van der Waals surface area contributed by atoms with Crippen molar-refractivity contribution in [3.05, 3.63) is 65.2 Å². The van der Waals surface area contributed by atoms with E-state index in [1.165, 1.54) is 6.08 Å². The minimum Gasteiger partial charge on any atom is -0.367 e. The predicted octanol–water partition coefficient (Wildman–Crippen LogP) is 5.03. The number of halogens is 2. The molecule has 0 saturated carbocycles. The minimum absolute atomic E-state index is 0.0746. The minimum atomic E-state index is -0.443. The summed E-state index contributed by atoms with van der Waals surface area (Å²) in [6, 6.07) is 5.75. The van der Waals surface area contributed by atoms with E-state index in [4.69, 9.17) is 11.6 Å². The second-order valence-electron chi connectivity index (χ2n) is 8.71. The zero-order valence-electron chi connectivity index (χ0n) is 19.4. The molecule has 3 heterocycles. The Kier molecular flexibility index (Phi) is 5.52. The largest absolute Gasteiger partial charge is 0.367 e. The van der Waals surface area contributed by atoms with E-state index in [-0.39, 0.29) is 11.4 Å². The molecule has 1 aliphatic heterocycles. The number of carbonyl (C=O) groups excluding carboxylic acids is 1. The lowest BCUT2D eigenvalue weighted by atomic mass is 9.95. The van der Waals surface area contributed by atoms with Gasteiger partial charge in [0.2, 0.25) is 5.91 Å². The Morgan fingerprint density at radius 2 is 1.85 bits per heavy atom. The summed E-state index contributed by atoms with van der Waals surface area (Å²) in [6.45, 7) is 9.89. The van der Waals surface area contributed by atoms with Gasteiger partial charge < -0.3 is 9.80 Å². The summed E-state index contributed by atoms with van der Waals surface area (Å²) in [5.74, 6) is -0.518. The summed E-state index contributed by atoms with van der Waals surface area (Å²) in [5, 5.41) is 6.27. The fourth-order valence-electron chi connectivity index (χ4n) is 4.96. The van der Waals surface area contributed by atoms with Crippen LogP contribution in [0.3, 0.4) is 0 Å². The van der Waals surface area contributed by atoms with Crippen LogP contribution in [0.5, 0.6) is 0 Å². The van der Waals surface area contributed by atoms with E-state index in [9.17, 15) is 4.79 Å². The highest BCUT2D eigenvalue weighted by molar-refractivity contribution is 6.35. The van der Waals surface area contributed by atoms with Gasteiger partial charge in [0.1, 0.15) is 5.52 Å². The van der Waals surface area contributed by atoms with Crippen molar-refractivity contribution in [2.75, 3.05) is 31.1 Å². The number of pyridine rings is 1. The van der Waals surface area contributed by atoms with Crippen molar-refractivity contribution in [2.24, 2.45) is 7.05 Å². The summed E-state index contributed by atoms with van der Waals surface area (Å²) in [4.78, 5) is 20.4. The van der Waals surface area contributed by atoms with Crippen LogP contribution in [-0.4, -0.2) is 51.8 Å². The van der Waals surface area contributed by atoms with Crippen molar-refractivity contribution in [3.63, 3.8) is 0 Å². The molecule has 5 rings (SSSR count). The number of fused-ring (bicyclic) bond motifs is 2. The first kappa shape index (κ1) is 22.3. The van der Waals surface area contributed by atoms with Crippen LogP contribution < -0.4 is 4.90 Å². The summed E-state index contributed by atoms with van der Waals surface area (Å²) in [5.41, 5.74) is 4.92. The zero-order valence-corrected chi connectivity index (χ0v) is 20.2. The van der Waals surface area contributed by atoms with Crippen LogP contribution in [0.4, 0.5) is 10.1 Å². The number of hydrogen-bond donors (Lipinski definition) is 0. The van der Waals surface area contributed by atoms with Gasteiger partial charge >= 0.3 is 0 Å². The third-order valence-electron chi connectivity index (χ3n) is 6.65. The Bertz CT molecular complexity index is 1470. The van der Waals surface area contributed by atoms with E-state index in [0.717, 1.165) is 33.3 Å². The standard InChI is InChI=1S/C26H25ClFN5O/c1-5-20(34)32-8-10-33(11-9-32)25-16(3)13-29-24-18(25)12-19(27)22(23(24)28)21-15(2)6-7-17-14-30-31(4)26(17)21/h5-7,12-14H,1,8-11H2,2-4H3. The van der Waals surface area contributed by atoms with Crippen LogP contribution in [0.2, 0.25) is 5.02 Å². The van der Waals surface area contributed by atoms with Gasteiger partial charge in [0.15, 0.2) is 5.82 Å². The number of piperazine rings is 1. The smallest absolute Gasteiger partial charge is 0.246 e. The van der Waals surface area contributed by atoms with Crippen molar-refractivity contribution < 1.29 is 9.18 Å². The Labute approximate surface area is 202 Å². The van der Waals surface area contributed by atoms with E-state index in [0.29, 0.717) is 42.2 Å². The second kappa shape index (κ2) is 8.40. The molecule has 0 radical (unpaired) electrons. The van der Waals surface area contributed by atoms with Crippen LogP contribution in [0.15, 0.2) is 43.2 Å². The maximum atomic E-state index is 16.2. The van der Waals surface area contributed by atoms with E-state index >= 15 is 4.39 Å². The average molecular weight is 478 g/mol. The molecule has 0 N–H and O–H groups in total. The van der Waals surface area contributed by atoms with Crippen molar-refractivity contribution >= 4 is 45.0 Å². The number of hydrogen-bond acceptors (Lipinski definition) is 4. The molecule has 4 aromatic rings. The van der Waals surface area contributed by atoms with E-state index in [1.54, 1.807) is 22.0 Å². The molecule has 0 aliphatic carbocycles. The number of benzene rings is 2. The fourth-order valence-corrected chi connectivity index (χ4v) is 5.25. The highest BCUT2D eigenvalue weighted by atomic mass is 35.5. The van der Waals surface area contributed by atoms with Crippen molar-refractivity contribution in [1.82, 2.24) is 19.7 Å². The summed E-state index contributed by atoms with van der Waals surface area (Å²) in [6.07, 6.45) is 4.81. The molecule has 2 aromatic carbocycles. The summed E-state index contributed by atoms with van der Waals surface area (Å²) in [7, 11) is 1.84. The fraction of sp³-hybridized carbons (Fsp3) is 0.269. The quantitative estimate of drug-likeness (QED) is 0.388. The van der Waals surface area contributed by atoms with Crippen LogP contribution in [-0.2, 0) is 11.8 Å². The lowest BCUT2D eigenvalue weighted by Gasteiger charge is -2.37. The SMILES string of the molecule is C=CC(=O)N1CCN(c2c(C)cnc3c(F)c(-c4c(C)ccc5cnn(C)c45)c(Cl)cc23)CC1. The van der Waals surface area contributed by atoms with E-state index < -0.39 is 5.82 Å². The van der Waals surface area contributed by atoms with Gasteiger partial charge in [-0.3, -0.25) is 14.5 Å². The Morgan fingerprint density at radius 1 is 1.12 bits per heavy atom. The highest BCUT2D eigenvalue weighted by Gasteiger charge is 2.26. The first-order valence-corrected chi connectivity index (χ1v) is 11.5. The molecule has 0 unspecified atom stereocenters. The molecule has 1 amide bonds. The monoisotopic (exact) mass is 477 g/mol. The van der Waals surface area contributed by atoms with Crippen molar-refractivity contribution in [1.29, 1.82) is 0 Å². The zero-order chi connectivity index (χ0) is 24.1. The van der Waals surface area contributed by atoms with Gasteiger partial charge in [-0.05, 0) is 37.1 Å². The van der Waals surface area contributed by atoms with Crippen LogP contribution in [0.25, 0.3) is 32.9 Å². The first-order chi connectivity index (χ1) is 16.3. The summed E-state index contributed by atoms with van der Waals surface area (Å²) < 4.78 is 17.9. The number of nitrogens with zero attached hydrogens (tertiary/aromatic N) is 5. The number of aromatic nitrogens is 3. The van der Waals surface area contributed by atoms with Gasteiger partial charge in [0.05, 0.1) is 22.4 Å². The van der Waals surface area contributed by atoms with Crippen LogP contribution in [0.1, 0.15) is 11.1 Å².